The van der Waals surface area contributed by atoms with E-state index in [0.29, 0.717) is 39.6 Å². The van der Waals surface area contributed by atoms with E-state index in [4.69, 9.17) is 19.5 Å². The summed E-state index contributed by atoms with van der Waals surface area (Å²) in [6, 6.07) is 9.18. The minimum atomic E-state index is -0.625. The van der Waals surface area contributed by atoms with Gasteiger partial charge >= 0.3 is 5.97 Å². The van der Waals surface area contributed by atoms with Gasteiger partial charge in [-0.05, 0) is 45.4 Å². The molecule has 2 aromatic rings. The van der Waals surface area contributed by atoms with Gasteiger partial charge in [-0.25, -0.2) is 9.78 Å². The summed E-state index contributed by atoms with van der Waals surface area (Å²) in [4.78, 5) is 17.8. The Hall–Kier alpha value is -4.04. The first-order valence-electron chi connectivity index (χ1n) is 10.6. The number of nitrogens with zero attached hydrogens (tertiary/aromatic N) is 3. The summed E-state index contributed by atoms with van der Waals surface area (Å²) < 4.78 is 17.1. The molecule has 0 saturated carbocycles. The summed E-state index contributed by atoms with van der Waals surface area (Å²) in [5.41, 5.74) is 4.45. The predicted octanol–water partition coefficient (Wildman–Crippen LogP) is 4.35. The highest BCUT2D eigenvalue weighted by Gasteiger charge is 2.38. The van der Waals surface area contributed by atoms with E-state index >= 15 is 0 Å². The van der Waals surface area contributed by atoms with Gasteiger partial charge < -0.3 is 19.5 Å². The van der Waals surface area contributed by atoms with E-state index in [1.807, 2.05) is 26.8 Å². The molecule has 1 N–H and O–H groups in total. The van der Waals surface area contributed by atoms with Crippen LogP contribution in [-0.4, -0.2) is 30.8 Å². The van der Waals surface area contributed by atoms with Gasteiger partial charge in [-0.3, -0.25) is 0 Å². The number of carbonyl (C=O) groups is 1. The highest BCUT2D eigenvalue weighted by atomic mass is 16.5. The van der Waals surface area contributed by atoms with Crippen molar-refractivity contribution in [3.8, 4) is 23.8 Å². The second-order valence-corrected chi connectivity index (χ2v) is 7.91. The topological polar surface area (TPSA) is 117 Å². The number of hydrogen-bond donors (Lipinski definition) is 1. The minimum absolute atomic E-state index is 0.0163. The maximum absolute atomic E-state index is 13.2. The number of nitriles is 2. The number of rotatable bonds is 7. The summed E-state index contributed by atoms with van der Waals surface area (Å²) >= 11 is 0. The van der Waals surface area contributed by atoms with Crippen molar-refractivity contribution >= 4 is 11.7 Å². The highest BCUT2D eigenvalue weighted by molar-refractivity contribution is 5.95. The molecule has 0 bridgehead atoms. The molecule has 1 aromatic carbocycles. The molecule has 1 atom stereocenters. The van der Waals surface area contributed by atoms with Crippen LogP contribution in [0.5, 0.6) is 11.6 Å². The van der Waals surface area contributed by atoms with Gasteiger partial charge in [-0.2, -0.15) is 10.5 Å². The van der Waals surface area contributed by atoms with Crippen LogP contribution in [0.2, 0.25) is 0 Å². The molecule has 170 valence electrons. The van der Waals surface area contributed by atoms with Crippen LogP contribution in [0.4, 0.5) is 5.69 Å². The number of hydrogen-bond acceptors (Lipinski definition) is 8. The molecule has 0 aliphatic carbocycles. The van der Waals surface area contributed by atoms with E-state index in [-0.39, 0.29) is 19.1 Å². The molecule has 1 aliphatic rings. The van der Waals surface area contributed by atoms with Crippen LogP contribution >= 0.6 is 0 Å². The Kier molecular flexibility index (Phi) is 7.20. The number of esters is 1. The van der Waals surface area contributed by atoms with Crippen molar-refractivity contribution in [3.63, 3.8) is 0 Å². The average Bonchev–Trinajstić information content (AvgIpc) is 2.79. The molecule has 8 nitrogen and oxygen atoms in total. The van der Waals surface area contributed by atoms with Crippen LogP contribution < -0.4 is 14.8 Å². The number of aryl methyl sites for hydroxylation is 1. The lowest BCUT2D eigenvalue weighted by Crippen LogP contribution is -2.27. The molecule has 3 rings (SSSR count). The molecule has 0 spiro atoms. The molecule has 2 heterocycles. The predicted molar refractivity (Wildman–Crippen MR) is 122 cm³/mol. The van der Waals surface area contributed by atoms with Crippen molar-refractivity contribution in [1.82, 2.24) is 4.98 Å². The summed E-state index contributed by atoms with van der Waals surface area (Å²) in [6.45, 7) is 7.52. The van der Waals surface area contributed by atoms with Crippen LogP contribution in [-0.2, 0) is 9.53 Å². The van der Waals surface area contributed by atoms with Crippen LogP contribution in [0.25, 0.3) is 0 Å². The monoisotopic (exact) mass is 446 g/mol. The fraction of sp³-hybridized carbons (Fsp3) is 0.360. The maximum atomic E-state index is 13.2. The second-order valence-electron chi connectivity index (χ2n) is 7.91. The number of methoxy groups -OCH3 is 1. The Morgan fingerprint density at radius 2 is 2.03 bits per heavy atom. The summed E-state index contributed by atoms with van der Waals surface area (Å²) in [6.07, 6.45) is 1.67. The fourth-order valence-electron chi connectivity index (χ4n) is 3.84. The number of fused-ring (bicyclic) bond motifs is 1. The first kappa shape index (κ1) is 23.6. The summed E-state index contributed by atoms with van der Waals surface area (Å²) in [5.74, 6) is -0.322. The van der Waals surface area contributed by atoms with Crippen molar-refractivity contribution in [2.45, 2.75) is 46.1 Å². The zero-order valence-corrected chi connectivity index (χ0v) is 19.4. The van der Waals surface area contributed by atoms with E-state index in [1.165, 1.54) is 7.11 Å². The lowest BCUT2D eigenvalue weighted by atomic mass is 9.79. The molecular formula is C25H26N4O4. The number of anilines is 1. The number of nitrogens with one attached hydrogen (secondary N) is 1. The van der Waals surface area contributed by atoms with Crippen LogP contribution in [0.3, 0.4) is 0 Å². The number of ether oxygens (including phenoxy) is 3. The molecule has 1 unspecified atom stereocenters. The van der Waals surface area contributed by atoms with Crippen molar-refractivity contribution in [2.75, 3.05) is 19.0 Å². The maximum Gasteiger partial charge on any atom is 0.336 e. The van der Waals surface area contributed by atoms with Crippen molar-refractivity contribution < 1.29 is 19.0 Å². The van der Waals surface area contributed by atoms with E-state index in [1.54, 1.807) is 31.3 Å². The molecule has 1 aliphatic heterocycles. The third-order valence-electron chi connectivity index (χ3n) is 5.25. The summed E-state index contributed by atoms with van der Waals surface area (Å²) in [7, 11) is 1.52. The van der Waals surface area contributed by atoms with Crippen molar-refractivity contribution in [1.29, 1.82) is 10.5 Å². The van der Waals surface area contributed by atoms with Crippen LogP contribution in [0.15, 0.2) is 35.7 Å². The van der Waals surface area contributed by atoms with Gasteiger partial charge in [0.15, 0.2) is 0 Å². The molecule has 0 amide bonds. The quantitative estimate of drug-likeness (QED) is 0.493. The van der Waals surface area contributed by atoms with Gasteiger partial charge in [0, 0.05) is 17.5 Å². The average molecular weight is 447 g/mol. The Bertz CT molecular complexity index is 1190. The van der Waals surface area contributed by atoms with E-state index in [9.17, 15) is 10.1 Å². The minimum Gasteiger partial charge on any atom is -0.496 e. The van der Waals surface area contributed by atoms with Crippen molar-refractivity contribution in [3.05, 3.63) is 57.9 Å². The second kappa shape index (κ2) is 10.1. The van der Waals surface area contributed by atoms with Gasteiger partial charge in [0.05, 0.1) is 60.1 Å². The first-order valence-corrected chi connectivity index (χ1v) is 10.6. The smallest absolute Gasteiger partial charge is 0.336 e. The SMILES string of the molecule is COc1cc(C#N)ccc1C1C(C(=O)OCCC#N)=C(C)Nc2c(C)cnc(OC(C)C)c21. The van der Waals surface area contributed by atoms with Crippen molar-refractivity contribution in [2.24, 2.45) is 0 Å². The third kappa shape index (κ3) is 4.75. The molecule has 8 heteroatoms. The number of carbonyl (C=O) groups excluding carboxylic acids is 1. The normalized spacial score (nSPS) is 14.6. The number of benzene rings is 1. The molecule has 0 radical (unpaired) electrons. The highest BCUT2D eigenvalue weighted by Crippen LogP contribution is 2.49. The molecule has 33 heavy (non-hydrogen) atoms. The zero-order valence-electron chi connectivity index (χ0n) is 19.4. The van der Waals surface area contributed by atoms with E-state index in [2.05, 4.69) is 16.4 Å². The van der Waals surface area contributed by atoms with Gasteiger partial charge in [0.2, 0.25) is 5.88 Å². The van der Waals surface area contributed by atoms with Crippen LogP contribution in [0, 0.1) is 29.6 Å². The third-order valence-corrected chi connectivity index (χ3v) is 5.25. The first-order chi connectivity index (χ1) is 15.8. The lowest BCUT2D eigenvalue weighted by molar-refractivity contribution is -0.139. The standard InChI is InChI=1S/C25H26N4O4/c1-14(2)33-24-22-21(18-8-7-17(12-27)11-19(18)31-5)20(25(30)32-10-6-9-26)16(4)29-23(22)15(3)13-28-24/h7-8,11,13-14,21,29H,6,10H2,1-5H3. The van der Waals surface area contributed by atoms with E-state index in [0.717, 1.165) is 11.3 Å². The number of pyridine rings is 1. The Morgan fingerprint density at radius 1 is 1.27 bits per heavy atom. The fourth-order valence-corrected chi connectivity index (χ4v) is 3.84. The Labute approximate surface area is 193 Å². The van der Waals surface area contributed by atoms with Gasteiger partial charge in [-0.1, -0.05) is 6.07 Å². The van der Waals surface area contributed by atoms with Gasteiger partial charge in [-0.15, -0.1) is 0 Å². The molecule has 0 saturated heterocycles. The largest absolute Gasteiger partial charge is 0.496 e. The molecule has 1 aromatic heterocycles. The van der Waals surface area contributed by atoms with E-state index < -0.39 is 11.9 Å². The lowest BCUT2D eigenvalue weighted by Gasteiger charge is -2.33. The van der Waals surface area contributed by atoms with Gasteiger partial charge in [0.1, 0.15) is 12.4 Å². The molecular weight excluding hydrogens is 420 g/mol. The Morgan fingerprint density at radius 3 is 2.67 bits per heavy atom. The van der Waals surface area contributed by atoms with Crippen LogP contribution in [0.1, 0.15) is 55.4 Å². The Balaban J connectivity index is 2.29. The number of aromatic nitrogens is 1. The summed E-state index contributed by atoms with van der Waals surface area (Å²) in [5, 5.41) is 21.5. The zero-order chi connectivity index (χ0) is 24.1. The number of allylic oxidation sites excluding steroid dienone is 1. The van der Waals surface area contributed by atoms with Gasteiger partial charge in [0.25, 0.3) is 0 Å². The molecule has 0 fully saturated rings.